The molecule has 1 atom stereocenters. The molecule has 2 rings (SSSR count). The molecule has 2 aromatic rings. The van der Waals surface area contributed by atoms with Gasteiger partial charge in [-0.05, 0) is 19.1 Å². The number of aromatic nitrogens is 2. The van der Waals surface area contributed by atoms with Gasteiger partial charge in [0, 0.05) is 6.07 Å². The first-order chi connectivity index (χ1) is 8.63. The predicted molar refractivity (Wildman–Crippen MR) is 64.9 cm³/mol. The second-order valence-electron chi connectivity index (χ2n) is 3.46. The molecule has 0 aliphatic heterocycles. The number of H-pyrrole nitrogens is 1. The van der Waals surface area contributed by atoms with Crippen molar-refractivity contribution in [3.05, 3.63) is 46.5 Å². The molecule has 0 aliphatic carbocycles. The van der Waals surface area contributed by atoms with Crippen molar-refractivity contribution < 1.29 is 13.5 Å². The number of hydrogen-bond donors (Lipinski definition) is 1. The third-order valence-corrected chi connectivity index (χ3v) is 3.00. The highest BCUT2D eigenvalue weighted by Gasteiger charge is 2.08. The number of benzene rings is 1. The van der Waals surface area contributed by atoms with Gasteiger partial charge in [-0.3, -0.25) is 0 Å². The first-order valence-electron chi connectivity index (χ1n) is 5.22. The van der Waals surface area contributed by atoms with Crippen LogP contribution < -0.4 is 10.5 Å². The standard InChI is InChI=1S/C11H11FN2O3S/c1-7(16-9-4-2-3-8(12)5-9)18-6-10-13-14-11(15)17-10/h2-5,7H,6H2,1H3,(H,14,15). The van der Waals surface area contributed by atoms with Gasteiger partial charge in [0.2, 0.25) is 5.89 Å². The van der Waals surface area contributed by atoms with Crippen LogP contribution in [0.2, 0.25) is 0 Å². The molecule has 0 bridgehead atoms. The Bertz CT molecular complexity index is 569. The highest BCUT2D eigenvalue weighted by Crippen LogP contribution is 2.21. The fourth-order valence-electron chi connectivity index (χ4n) is 1.28. The van der Waals surface area contributed by atoms with Crippen LogP contribution in [-0.4, -0.2) is 15.6 Å². The largest absolute Gasteiger partial charge is 0.480 e. The topological polar surface area (TPSA) is 68.1 Å². The van der Waals surface area contributed by atoms with Gasteiger partial charge in [0.1, 0.15) is 17.0 Å². The van der Waals surface area contributed by atoms with Gasteiger partial charge in [-0.2, -0.15) is 0 Å². The molecule has 0 amide bonds. The van der Waals surface area contributed by atoms with E-state index in [-0.39, 0.29) is 11.3 Å². The Morgan fingerprint density at radius 3 is 3.11 bits per heavy atom. The lowest BCUT2D eigenvalue weighted by atomic mass is 10.3. The Kier molecular flexibility index (Phi) is 4.03. The summed E-state index contributed by atoms with van der Waals surface area (Å²) >= 11 is 1.38. The number of nitrogens with one attached hydrogen (secondary N) is 1. The summed E-state index contributed by atoms with van der Waals surface area (Å²) in [6.07, 6.45) is 0. The van der Waals surface area contributed by atoms with Crippen molar-refractivity contribution in [3.8, 4) is 5.75 Å². The Morgan fingerprint density at radius 1 is 1.61 bits per heavy atom. The van der Waals surface area contributed by atoms with Crippen LogP contribution in [0.1, 0.15) is 12.8 Å². The first kappa shape index (κ1) is 12.7. The highest BCUT2D eigenvalue weighted by molar-refractivity contribution is 7.98. The summed E-state index contributed by atoms with van der Waals surface area (Å²) in [5, 5.41) is 5.84. The average molecular weight is 270 g/mol. The second-order valence-corrected chi connectivity index (χ2v) is 4.75. The zero-order chi connectivity index (χ0) is 13.0. The van der Waals surface area contributed by atoms with E-state index < -0.39 is 5.76 Å². The SMILES string of the molecule is CC(Oc1cccc(F)c1)SCc1n[nH]c(=O)o1. The minimum atomic E-state index is -0.579. The van der Waals surface area contributed by atoms with Crippen LogP contribution in [0.25, 0.3) is 0 Å². The Hall–Kier alpha value is -1.76. The summed E-state index contributed by atoms with van der Waals surface area (Å²) in [7, 11) is 0. The van der Waals surface area contributed by atoms with Gasteiger partial charge in [-0.1, -0.05) is 6.07 Å². The van der Waals surface area contributed by atoms with Gasteiger partial charge in [-0.15, -0.1) is 16.9 Å². The van der Waals surface area contributed by atoms with E-state index in [9.17, 15) is 9.18 Å². The van der Waals surface area contributed by atoms with Crippen LogP contribution in [0.4, 0.5) is 4.39 Å². The zero-order valence-electron chi connectivity index (χ0n) is 9.55. The number of aromatic amines is 1. The smallest absolute Gasteiger partial charge is 0.434 e. The maximum Gasteiger partial charge on any atom is 0.434 e. The lowest BCUT2D eigenvalue weighted by Crippen LogP contribution is -2.07. The summed E-state index contributed by atoms with van der Waals surface area (Å²) in [4.78, 5) is 10.7. The van der Waals surface area contributed by atoms with E-state index in [2.05, 4.69) is 10.2 Å². The van der Waals surface area contributed by atoms with Crippen molar-refractivity contribution in [1.29, 1.82) is 0 Å². The third-order valence-electron chi connectivity index (χ3n) is 2.02. The minimum absolute atomic E-state index is 0.214. The molecule has 0 spiro atoms. The highest BCUT2D eigenvalue weighted by atomic mass is 32.2. The van der Waals surface area contributed by atoms with E-state index in [4.69, 9.17) is 9.15 Å². The van der Waals surface area contributed by atoms with Crippen molar-refractivity contribution in [2.75, 3.05) is 0 Å². The summed E-state index contributed by atoms with van der Waals surface area (Å²) < 4.78 is 23.2. The Labute approximate surface area is 106 Å². The monoisotopic (exact) mass is 270 g/mol. The molecule has 1 N–H and O–H groups in total. The molecular weight excluding hydrogens is 259 g/mol. The quantitative estimate of drug-likeness (QED) is 0.843. The van der Waals surface area contributed by atoms with Crippen molar-refractivity contribution in [2.24, 2.45) is 0 Å². The van der Waals surface area contributed by atoms with Gasteiger partial charge < -0.3 is 9.15 Å². The number of hydrogen-bond acceptors (Lipinski definition) is 5. The van der Waals surface area contributed by atoms with E-state index in [1.807, 2.05) is 6.92 Å². The Morgan fingerprint density at radius 2 is 2.44 bits per heavy atom. The van der Waals surface area contributed by atoms with Crippen molar-refractivity contribution in [2.45, 2.75) is 18.1 Å². The third kappa shape index (κ3) is 3.63. The van der Waals surface area contributed by atoms with Crippen LogP contribution in [-0.2, 0) is 5.75 Å². The van der Waals surface area contributed by atoms with Crippen LogP contribution in [0.15, 0.2) is 33.5 Å². The van der Waals surface area contributed by atoms with E-state index in [0.29, 0.717) is 17.4 Å². The lowest BCUT2D eigenvalue weighted by Gasteiger charge is -2.13. The fourth-order valence-corrected chi connectivity index (χ4v) is 1.96. The maximum absolute atomic E-state index is 12.9. The molecule has 0 saturated heterocycles. The summed E-state index contributed by atoms with van der Waals surface area (Å²) in [5.41, 5.74) is -0.214. The zero-order valence-corrected chi connectivity index (χ0v) is 10.4. The predicted octanol–water partition coefficient (Wildman–Crippen LogP) is 2.16. The van der Waals surface area contributed by atoms with Crippen molar-refractivity contribution in [3.63, 3.8) is 0 Å². The molecule has 0 fully saturated rings. The van der Waals surface area contributed by atoms with E-state index in [1.165, 1.54) is 23.9 Å². The molecule has 96 valence electrons. The molecule has 0 radical (unpaired) electrons. The van der Waals surface area contributed by atoms with E-state index >= 15 is 0 Å². The van der Waals surface area contributed by atoms with Crippen molar-refractivity contribution in [1.82, 2.24) is 10.2 Å². The van der Waals surface area contributed by atoms with Crippen LogP contribution in [0, 0.1) is 5.82 Å². The number of nitrogens with zero attached hydrogens (tertiary/aromatic N) is 1. The van der Waals surface area contributed by atoms with Gasteiger partial charge in [0.25, 0.3) is 0 Å². The molecular formula is C11H11FN2O3S. The molecule has 0 aliphatic rings. The van der Waals surface area contributed by atoms with Crippen LogP contribution in [0.3, 0.4) is 0 Å². The van der Waals surface area contributed by atoms with E-state index in [0.717, 1.165) is 0 Å². The van der Waals surface area contributed by atoms with Gasteiger partial charge in [0.15, 0.2) is 0 Å². The summed E-state index contributed by atoms with van der Waals surface area (Å²) in [6, 6.07) is 5.92. The number of ether oxygens (including phenoxy) is 1. The normalized spacial score (nSPS) is 12.3. The Balaban J connectivity index is 1.85. The molecule has 0 saturated carbocycles. The van der Waals surface area contributed by atoms with Crippen LogP contribution >= 0.6 is 11.8 Å². The fraction of sp³-hybridized carbons (Fsp3) is 0.273. The average Bonchev–Trinajstić information content (AvgIpc) is 2.73. The van der Waals surface area contributed by atoms with Gasteiger partial charge in [0.05, 0.1) is 5.75 Å². The van der Waals surface area contributed by atoms with Gasteiger partial charge >= 0.3 is 5.76 Å². The second kappa shape index (κ2) is 5.72. The maximum atomic E-state index is 12.9. The molecule has 18 heavy (non-hydrogen) atoms. The van der Waals surface area contributed by atoms with Gasteiger partial charge in [-0.25, -0.2) is 14.3 Å². The number of thioether (sulfide) groups is 1. The molecule has 1 unspecified atom stereocenters. The lowest BCUT2D eigenvalue weighted by molar-refractivity contribution is 0.305. The molecule has 7 heteroatoms. The van der Waals surface area contributed by atoms with Crippen LogP contribution in [0.5, 0.6) is 5.75 Å². The molecule has 5 nitrogen and oxygen atoms in total. The molecule has 1 aromatic heterocycles. The summed E-state index contributed by atoms with van der Waals surface area (Å²) in [6.45, 7) is 1.82. The molecule has 1 aromatic carbocycles. The number of halogens is 1. The first-order valence-corrected chi connectivity index (χ1v) is 6.26. The molecule has 1 heterocycles. The van der Waals surface area contributed by atoms with Crippen molar-refractivity contribution >= 4 is 11.8 Å². The van der Waals surface area contributed by atoms with E-state index in [1.54, 1.807) is 12.1 Å². The summed E-state index contributed by atoms with van der Waals surface area (Å²) in [5.74, 6) is 0.236. The minimum Gasteiger partial charge on any atom is -0.480 e. The number of rotatable bonds is 5.